The fourth-order valence-corrected chi connectivity index (χ4v) is 2.76. The first-order valence-electron chi connectivity index (χ1n) is 9.16. The van der Waals surface area contributed by atoms with Crippen LogP contribution in [-0.2, 0) is 16.1 Å². The maximum absolute atomic E-state index is 13.0. The van der Waals surface area contributed by atoms with Gasteiger partial charge in [-0.1, -0.05) is 48.0 Å². The van der Waals surface area contributed by atoms with E-state index in [0.717, 1.165) is 5.56 Å². The molecular weight excluding hydrogens is 409 g/mol. The average molecular weight is 428 g/mol. The minimum atomic E-state index is -1.06. The highest BCUT2D eigenvalue weighted by Crippen LogP contribution is 2.23. The summed E-state index contributed by atoms with van der Waals surface area (Å²) in [6.07, 6.45) is -1.06. The molecular formula is C23H19ClFNO4. The van der Waals surface area contributed by atoms with Crippen molar-refractivity contribution < 1.29 is 23.5 Å². The van der Waals surface area contributed by atoms with E-state index >= 15 is 0 Å². The van der Waals surface area contributed by atoms with Crippen LogP contribution in [0.5, 0.6) is 5.75 Å². The van der Waals surface area contributed by atoms with Gasteiger partial charge in [0.15, 0.2) is 6.10 Å². The zero-order valence-electron chi connectivity index (χ0n) is 16.1. The molecule has 30 heavy (non-hydrogen) atoms. The minimum Gasteiger partial charge on any atom is -0.488 e. The van der Waals surface area contributed by atoms with Crippen LogP contribution in [0.2, 0.25) is 5.02 Å². The van der Waals surface area contributed by atoms with Crippen LogP contribution in [0.3, 0.4) is 0 Å². The van der Waals surface area contributed by atoms with Gasteiger partial charge in [-0.25, -0.2) is 9.18 Å². The molecule has 0 heterocycles. The third-order valence-corrected chi connectivity index (χ3v) is 4.53. The van der Waals surface area contributed by atoms with Crippen LogP contribution in [0.1, 0.15) is 22.8 Å². The van der Waals surface area contributed by atoms with Crippen LogP contribution >= 0.6 is 11.6 Å². The van der Waals surface area contributed by atoms with E-state index in [1.165, 1.54) is 19.1 Å². The van der Waals surface area contributed by atoms with E-state index < -0.39 is 18.0 Å². The zero-order chi connectivity index (χ0) is 21.5. The van der Waals surface area contributed by atoms with Crippen molar-refractivity contribution in [2.75, 3.05) is 5.32 Å². The molecule has 0 spiro atoms. The van der Waals surface area contributed by atoms with E-state index in [0.29, 0.717) is 16.5 Å². The Bertz CT molecular complexity index is 1040. The van der Waals surface area contributed by atoms with Gasteiger partial charge < -0.3 is 14.8 Å². The summed E-state index contributed by atoms with van der Waals surface area (Å²) in [4.78, 5) is 24.9. The highest BCUT2D eigenvalue weighted by atomic mass is 35.5. The standard InChI is InChI=1S/C23H19ClFNO4/c1-15(22(27)26-20-8-4-3-7-19(20)24)30-23(28)18-6-2-5-9-21(18)29-14-16-10-12-17(25)13-11-16/h2-13,15H,14H2,1H3,(H,26,27). The molecule has 1 atom stereocenters. The molecule has 1 unspecified atom stereocenters. The first-order valence-corrected chi connectivity index (χ1v) is 9.54. The van der Waals surface area contributed by atoms with Crippen molar-refractivity contribution in [2.24, 2.45) is 0 Å². The van der Waals surface area contributed by atoms with E-state index in [2.05, 4.69) is 5.32 Å². The Hall–Kier alpha value is -3.38. The number of rotatable bonds is 7. The number of hydrogen-bond acceptors (Lipinski definition) is 4. The largest absolute Gasteiger partial charge is 0.488 e. The molecule has 0 saturated carbocycles. The summed E-state index contributed by atoms with van der Waals surface area (Å²) < 4.78 is 24.0. The number of nitrogens with one attached hydrogen (secondary N) is 1. The lowest BCUT2D eigenvalue weighted by atomic mass is 10.2. The second kappa shape index (κ2) is 9.89. The molecule has 154 valence electrons. The lowest BCUT2D eigenvalue weighted by molar-refractivity contribution is -0.123. The molecule has 0 radical (unpaired) electrons. The molecule has 3 aromatic carbocycles. The van der Waals surface area contributed by atoms with Crippen molar-refractivity contribution in [2.45, 2.75) is 19.6 Å². The molecule has 3 rings (SSSR count). The maximum atomic E-state index is 13.0. The molecule has 1 amide bonds. The second-order valence-electron chi connectivity index (χ2n) is 6.43. The molecule has 7 heteroatoms. The number of esters is 1. The number of halogens is 2. The Morgan fingerprint density at radius 2 is 1.67 bits per heavy atom. The predicted octanol–water partition coefficient (Wildman–Crippen LogP) is 5.24. The van der Waals surface area contributed by atoms with Crippen LogP contribution in [0, 0.1) is 5.82 Å². The highest BCUT2D eigenvalue weighted by molar-refractivity contribution is 6.33. The van der Waals surface area contributed by atoms with Crippen molar-refractivity contribution in [3.8, 4) is 5.75 Å². The van der Waals surface area contributed by atoms with Gasteiger partial charge in [-0.05, 0) is 48.9 Å². The summed E-state index contributed by atoms with van der Waals surface area (Å²) in [7, 11) is 0. The molecule has 1 N–H and O–H groups in total. The van der Waals surface area contributed by atoms with E-state index in [1.807, 2.05) is 0 Å². The van der Waals surface area contributed by atoms with Crippen LogP contribution < -0.4 is 10.1 Å². The molecule has 0 aliphatic rings. The van der Waals surface area contributed by atoms with Crippen LogP contribution in [0.25, 0.3) is 0 Å². The normalized spacial score (nSPS) is 11.4. The van der Waals surface area contributed by atoms with Gasteiger partial charge >= 0.3 is 5.97 Å². The highest BCUT2D eigenvalue weighted by Gasteiger charge is 2.22. The van der Waals surface area contributed by atoms with E-state index in [4.69, 9.17) is 21.1 Å². The number of carbonyl (C=O) groups excluding carboxylic acids is 2. The molecule has 0 aliphatic carbocycles. The number of benzene rings is 3. The molecule has 0 aliphatic heterocycles. The van der Waals surface area contributed by atoms with Gasteiger partial charge in [0.05, 0.1) is 10.7 Å². The van der Waals surface area contributed by atoms with Gasteiger partial charge in [0, 0.05) is 0 Å². The monoisotopic (exact) mass is 427 g/mol. The fourth-order valence-electron chi connectivity index (χ4n) is 2.58. The molecule has 3 aromatic rings. The molecule has 5 nitrogen and oxygen atoms in total. The molecule has 0 saturated heterocycles. The average Bonchev–Trinajstić information content (AvgIpc) is 2.75. The zero-order valence-corrected chi connectivity index (χ0v) is 16.9. The van der Waals surface area contributed by atoms with Gasteiger partial charge in [-0.3, -0.25) is 4.79 Å². The molecule has 0 aromatic heterocycles. The maximum Gasteiger partial charge on any atom is 0.342 e. The lowest BCUT2D eigenvalue weighted by Gasteiger charge is -2.16. The summed E-state index contributed by atoms with van der Waals surface area (Å²) in [5.41, 5.74) is 1.35. The summed E-state index contributed by atoms with van der Waals surface area (Å²) in [6.45, 7) is 1.61. The topological polar surface area (TPSA) is 64.6 Å². The summed E-state index contributed by atoms with van der Waals surface area (Å²) in [5, 5.41) is 3.00. The third kappa shape index (κ3) is 5.58. The second-order valence-corrected chi connectivity index (χ2v) is 6.84. The Morgan fingerprint density at radius 1 is 1.00 bits per heavy atom. The molecule has 0 fully saturated rings. The third-order valence-electron chi connectivity index (χ3n) is 4.20. The number of ether oxygens (including phenoxy) is 2. The summed E-state index contributed by atoms with van der Waals surface area (Å²) in [6, 6.07) is 19.1. The van der Waals surface area contributed by atoms with Crippen molar-refractivity contribution in [1.29, 1.82) is 0 Å². The van der Waals surface area contributed by atoms with Gasteiger partial charge in [-0.2, -0.15) is 0 Å². The number of amides is 1. The first kappa shape index (κ1) is 21.3. The Kier molecular flexibility index (Phi) is 7.03. The van der Waals surface area contributed by atoms with Gasteiger partial charge in [-0.15, -0.1) is 0 Å². The van der Waals surface area contributed by atoms with Crippen molar-refractivity contribution in [1.82, 2.24) is 0 Å². The number of para-hydroxylation sites is 2. The van der Waals surface area contributed by atoms with Gasteiger partial charge in [0.25, 0.3) is 5.91 Å². The Balaban J connectivity index is 1.64. The smallest absolute Gasteiger partial charge is 0.342 e. The van der Waals surface area contributed by atoms with Crippen LogP contribution in [-0.4, -0.2) is 18.0 Å². The quantitative estimate of drug-likeness (QED) is 0.523. The van der Waals surface area contributed by atoms with E-state index in [-0.39, 0.29) is 18.0 Å². The number of anilines is 1. The van der Waals surface area contributed by atoms with Crippen molar-refractivity contribution >= 4 is 29.2 Å². The van der Waals surface area contributed by atoms with E-state index in [9.17, 15) is 14.0 Å². The van der Waals surface area contributed by atoms with Gasteiger partial charge in [0.2, 0.25) is 0 Å². The Morgan fingerprint density at radius 3 is 2.40 bits per heavy atom. The van der Waals surface area contributed by atoms with Crippen LogP contribution in [0.15, 0.2) is 72.8 Å². The predicted molar refractivity (Wildman–Crippen MR) is 112 cm³/mol. The summed E-state index contributed by atoms with van der Waals surface area (Å²) >= 11 is 6.03. The van der Waals surface area contributed by atoms with Crippen LogP contribution in [0.4, 0.5) is 10.1 Å². The van der Waals surface area contributed by atoms with E-state index in [1.54, 1.807) is 60.7 Å². The minimum absolute atomic E-state index is 0.146. The first-order chi connectivity index (χ1) is 14.4. The van der Waals surface area contributed by atoms with Gasteiger partial charge in [0.1, 0.15) is 23.7 Å². The number of carbonyl (C=O) groups is 2. The molecule has 0 bridgehead atoms. The SMILES string of the molecule is CC(OC(=O)c1ccccc1OCc1ccc(F)cc1)C(=O)Nc1ccccc1Cl. The number of hydrogen-bond donors (Lipinski definition) is 1. The Labute approximate surface area is 178 Å². The fraction of sp³-hybridized carbons (Fsp3) is 0.130. The van der Waals surface area contributed by atoms with Crippen molar-refractivity contribution in [3.63, 3.8) is 0 Å². The van der Waals surface area contributed by atoms with Crippen molar-refractivity contribution in [3.05, 3.63) is 94.8 Å². The summed E-state index contributed by atoms with van der Waals surface area (Å²) in [5.74, 6) is -1.26. The lowest BCUT2D eigenvalue weighted by Crippen LogP contribution is -2.30.